The lowest BCUT2D eigenvalue weighted by Gasteiger charge is -2.26. The van der Waals surface area contributed by atoms with Crippen molar-refractivity contribution in [3.63, 3.8) is 0 Å². The number of aromatic nitrogens is 1. The second-order valence-electron chi connectivity index (χ2n) is 13.0. The fourth-order valence-corrected chi connectivity index (χ4v) is 5.38. The van der Waals surface area contributed by atoms with Gasteiger partial charge in [0.05, 0.1) is 5.52 Å². The number of esters is 1. The summed E-state index contributed by atoms with van der Waals surface area (Å²) < 4.78 is 12.3. The molecule has 13 heteroatoms. The van der Waals surface area contributed by atoms with Crippen LogP contribution >= 0.6 is 0 Å². The summed E-state index contributed by atoms with van der Waals surface area (Å²) in [5.74, 6) is -2.92. The number of amides is 4. The lowest BCUT2D eigenvalue weighted by molar-refractivity contribution is -0.149. The number of benzene rings is 3. The van der Waals surface area contributed by atoms with Crippen LogP contribution in [0.4, 0.5) is 4.79 Å². The van der Waals surface area contributed by atoms with E-state index in [1.54, 1.807) is 75.5 Å². The molecule has 0 aliphatic heterocycles. The Balaban J connectivity index is 1.65. The highest BCUT2D eigenvalue weighted by molar-refractivity contribution is 5.95. The number of nitrogens with zero attached hydrogens (tertiary/aromatic N) is 1. The molecule has 13 nitrogen and oxygen atoms in total. The summed E-state index contributed by atoms with van der Waals surface area (Å²) >= 11 is 0. The second-order valence-corrected chi connectivity index (χ2v) is 13.0. The monoisotopic (exact) mass is 697 g/mol. The average molecular weight is 698 g/mol. The number of carbonyl (C=O) groups excluding carboxylic acids is 6. The Labute approximate surface area is 295 Å². The Morgan fingerprint density at radius 3 is 1.98 bits per heavy atom. The van der Waals surface area contributed by atoms with Gasteiger partial charge in [-0.15, -0.1) is 0 Å². The number of carbonyl (C=O) groups is 6. The quantitative estimate of drug-likeness (QED) is 0.101. The number of para-hydroxylation sites is 1. The zero-order valence-corrected chi connectivity index (χ0v) is 28.8. The largest absolute Gasteiger partial charge is 0.459 e. The molecule has 0 aliphatic carbocycles. The molecular weight excluding hydrogens is 654 g/mol. The number of rotatable bonds is 16. The summed E-state index contributed by atoms with van der Waals surface area (Å²) in [5.41, 5.74) is 7.12. The van der Waals surface area contributed by atoms with Crippen molar-refractivity contribution < 1.29 is 38.2 Å². The Morgan fingerprint density at radius 1 is 0.765 bits per heavy atom. The summed E-state index contributed by atoms with van der Waals surface area (Å²) in [5, 5.41) is 8.59. The van der Waals surface area contributed by atoms with Crippen LogP contribution in [-0.2, 0) is 52.9 Å². The molecule has 0 unspecified atom stereocenters. The third-order valence-corrected chi connectivity index (χ3v) is 7.79. The van der Waals surface area contributed by atoms with Crippen molar-refractivity contribution in [2.45, 2.75) is 76.8 Å². The van der Waals surface area contributed by atoms with Crippen LogP contribution in [0.3, 0.4) is 0 Å². The molecule has 0 radical (unpaired) electrons. The van der Waals surface area contributed by atoms with E-state index in [9.17, 15) is 28.8 Å². The average Bonchev–Trinajstić information content (AvgIpc) is 3.45. The molecule has 5 N–H and O–H groups in total. The molecule has 0 aliphatic rings. The molecule has 51 heavy (non-hydrogen) atoms. The van der Waals surface area contributed by atoms with E-state index < -0.39 is 53.5 Å². The molecule has 0 saturated carbocycles. The van der Waals surface area contributed by atoms with E-state index in [-0.39, 0.29) is 32.3 Å². The van der Waals surface area contributed by atoms with Gasteiger partial charge < -0.3 is 31.2 Å². The molecule has 4 aromatic rings. The minimum Gasteiger partial charge on any atom is -0.459 e. The van der Waals surface area contributed by atoms with Crippen molar-refractivity contribution in [1.82, 2.24) is 20.5 Å². The normalized spacial score (nSPS) is 12.9. The van der Waals surface area contributed by atoms with Crippen LogP contribution in [0, 0.1) is 0 Å². The maximum absolute atomic E-state index is 14.2. The molecule has 0 fully saturated rings. The molecule has 3 atom stereocenters. The number of alkyl carbamates (subject to hydrolysis) is 1. The minimum atomic E-state index is -1.32. The van der Waals surface area contributed by atoms with Gasteiger partial charge in [0.15, 0.2) is 0 Å². The summed E-state index contributed by atoms with van der Waals surface area (Å²) in [4.78, 5) is 77.7. The lowest BCUT2D eigenvalue weighted by atomic mass is 10.0. The van der Waals surface area contributed by atoms with E-state index in [0.717, 1.165) is 11.1 Å². The molecule has 4 amide bonds. The molecule has 3 aromatic carbocycles. The van der Waals surface area contributed by atoms with Crippen molar-refractivity contribution in [3.8, 4) is 0 Å². The van der Waals surface area contributed by atoms with Crippen molar-refractivity contribution in [3.05, 3.63) is 108 Å². The van der Waals surface area contributed by atoms with Crippen LogP contribution < -0.4 is 21.7 Å². The van der Waals surface area contributed by atoms with E-state index in [1.807, 2.05) is 36.4 Å². The minimum absolute atomic E-state index is 0.0237. The molecule has 0 bridgehead atoms. The number of hydrogen-bond donors (Lipinski definition) is 4. The van der Waals surface area contributed by atoms with Gasteiger partial charge in [0.1, 0.15) is 30.3 Å². The van der Waals surface area contributed by atoms with Crippen molar-refractivity contribution >= 4 is 47.1 Å². The Bertz CT molecular complexity index is 1840. The second kappa shape index (κ2) is 17.6. The van der Waals surface area contributed by atoms with Gasteiger partial charge in [0.25, 0.3) is 0 Å². The van der Waals surface area contributed by atoms with E-state index in [1.165, 1.54) is 4.57 Å². The SMILES string of the molecule is CC(C)(C)OC(=O)N[C@@H](CCC(N)=O)C(=O)N[C@H](Cc1cn(C=O)c2ccccc12)C(=O)N[C@@H](Cc1ccccc1)C(=O)OCc1ccccc1. The Morgan fingerprint density at radius 2 is 1.35 bits per heavy atom. The first-order valence-corrected chi connectivity index (χ1v) is 16.5. The van der Waals surface area contributed by atoms with E-state index in [0.29, 0.717) is 22.9 Å². The molecule has 1 aromatic heterocycles. The molecule has 268 valence electrons. The predicted molar refractivity (Wildman–Crippen MR) is 190 cm³/mol. The first-order valence-electron chi connectivity index (χ1n) is 16.5. The Kier molecular flexibility index (Phi) is 13.1. The number of nitrogens with one attached hydrogen (secondary N) is 3. The van der Waals surface area contributed by atoms with Gasteiger partial charge in [0, 0.05) is 30.8 Å². The molecule has 0 saturated heterocycles. The zero-order chi connectivity index (χ0) is 37.0. The number of nitrogens with two attached hydrogens (primary N) is 1. The van der Waals surface area contributed by atoms with Crippen LogP contribution in [0.5, 0.6) is 0 Å². The maximum Gasteiger partial charge on any atom is 0.408 e. The van der Waals surface area contributed by atoms with Crippen molar-refractivity contribution in [2.24, 2.45) is 5.73 Å². The summed E-state index contributed by atoms with van der Waals surface area (Å²) in [7, 11) is 0. The van der Waals surface area contributed by atoms with Crippen LogP contribution in [0.2, 0.25) is 0 Å². The third-order valence-electron chi connectivity index (χ3n) is 7.79. The van der Waals surface area contributed by atoms with Gasteiger partial charge in [-0.1, -0.05) is 78.9 Å². The van der Waals surface area contributed by atoms with Gasteiger partial charge in [-0.2, -0.15) is 0 Å². The van der Waals surface area contributed by atoms with Crippen LogP contribution in [0.25, 0.3) is 10.9 Å². The van der Waals surface area contributed by atoms with Gasteiger partial charge in [-0.3, -0.25) is 23.7 Å². The third kappa shape index (κ3) is 11.6. The highest BCUT2D eigenvalue weighted by Crippen LogP contribution is 2.22. The van der Waals surface area contributed by atoms with Gasteiger partial charge in [-0.25, -0.2) is 9.59 Å². The van der Waals surface area contributed by atoms with Gasteiger partial charge in [0.2, 0.25) is 24.1 Å². The number of primary amides is 1. The highest BCUT2D eigenvalue weighted by atomic mass is 16.6. The van der Waals surface area contributed by atoms with E-state index >= 15 is 0 Å². The fraction of sp³-hybridized carbons (Fsp3) is 0.316. The molecule has 4 rings (SSSR count). The topological polar surface area (TPSA) is 188 Å². The standard InChI is InChI=1S/C38H43N5O8/c1-38(2,3)51-37(49)42-29(18-19-33(39)45)34(46)40-30(21-27-22-43(24-44)32-17-11-10-16-28(27)32)35(47)41-31(20-25-12-6-4-7-13-25)36(48)50-23-26-14-8-5-9-15-26/h4-17,22,24,29-31H,18-21,23H2,1-3H3,(H2,39,45)(H,40,46)(H,41,47)(H,42,49)/t29-,30+,31-/m0/s1. The summed E-state index contributed by atoms with van der Waals surface area (Å²) in [6.45, 7) is 4.93. The first-order chi connectivity index (χ1) is 24.3. The molecule has 1 heterocycles. The lowest BCUT2D eigenvalue weighted by Crippen LogP contribution is -2.57. The van der Waals surface area contributed by atoms with Crippen molar-refractivity contribution in [2.75, 3.05) is 0 Å². The van der Waals surface area contributed by atoms with Crippen LogP contribution in [0.15, 0.2) is 91.1 Å². The zero-order valence-electron chi connectivity index (χ0n) is 28.8. The molecular formula is C38H43N5O8. The number of ether oxygens (including phenoxy) is 2. The van der Waals surface area contributed by atoms with Gasteiger partial charge >= 0.3 is 12.1 Å². The molecule has 0 spiro atoms. The summed E-state index contributed by atoms with van der Waals surface area (Å²) in [6, 6.07) is 21.4. The van der Waals surface area contributed by atoms with Crippen LogP contribution in [0.1, 0.15) is 50.3 Å². The smallest absolute Gasteiger partial charge is 0.408 e. The Hall–Kier alpha value is -5.98. The summed E-state index contributed by atoms with van der Waals surface area (Å²) in [6.07, 6.45) is 0.835. The van der Waals surface area contributed by atoms with Crippen molar-refractivity contribution in [1.29, 1.82) is 0 Å². The highest BCUT2D eigenvalue weighted by Gasteiger charge is 2.32. The number of hydrogen-bond acceptors (Lipinski definition) is 8. The van der Waals surface area contributed by atoms with E-state index in [2.05, 4.69) is 16.0 Å². The van der Waals surface area contributed by atoms with E-state index in [4.69, 9.17) is 15.2 Å². The van der Waals surface area contributed by atoms with Crippen LogP contribution in [-0.4, -0.2) is 64.5 Å². The number of fused-ring (bicyclic) bond motifs is 1. The van der Waals surface area contributed by atoms with Gasteiger partial charge in [-0.05, 0) is 49.9 Å². The maximum atomic E-state index is 14.2. The fourth-order valence-electron chi connectivity index (χ4n) is 5.38. The predicted octanol–water partition coefficient (Wildman–Crippen LogP) is 3.34. The first kappa shape index (κ1) is 37.8.